The summed E-state index contributed by atoms with van der Waals surface area (Å²) in [6.45, 7) is 0.486. The van der Waals surface area contributed by atoms with Crippen LogP contribution in [0.15, 0.2) is 53.1 Å². The number of likely N-dealkylation sites (tertiary alicyclic amines) is 1. The number of hydrogen-bond donors (Lipinski definition) is 1. The molecule has 2 amide bonds. The van der Waals surface area contributed by atoms with Crippen molar-refractivity contribution in [1.29, 1.82) is 0 Å². The monoisotopic (exact) mass is 460 g/mol. The molecule has 0 spiro atoms. The van der Waals surface area contributed by atoms with E-state index in [1.54, 1.807) is 13.2 Å². The number of benzene rings is 2. The van der Waals surface area contributed by atoms with Gasteiger partial charge in [0.05, 0.1) is 24.3 Å². The number of amides is 2. The molecule has 5 rings (SSSR count). The largest absolute Gasteiger partial charge is 0.497 e. The van der Waals surface area contributed by atoms with E-state index < -0.39 is 0 Å². The highest BCUT2D eigenvalue weighted by Crippen LogP contribution is 2.32. The molecule has 1 saturated carbocycles. The molecule has 2 aromatic carbocycles. The molecule has 1 unspecified atom stereocenters. The first-order chi connectivity index (χ1) is 16.6. The van der Waals surface area contributed by atoms with E-state index in [-0.39, 0.29) is 30.2 Å². The average molecular weight is 461 g/mol. The third-order valence-corrected chi connectivity index (χ3v) is 6.73. The lowest BCUT2D eigenvalue weighted by molar-refractivity contribution is -0.130. The molecule has 2 heterocycles. The number of carbonyl (C=O) groups is 2. The maximum absolute atomic E-state index is 13.1. The molecule has 0 radical (unpaired) electrons. The fourth-order valence-electron chi connectivity index (χ4n) is 4.86. The third kappa shape index (κ3) is 4.53. The molecule has 8 heteroatoms. The molecule has 2 fully saturated rings. The molecule has 1 aliphatic heterocycles. The SMILES string of the molecule is COc1ccc(-c2noc(-c3ccccc3NC(=O)C3CC(=O)N(C4CCCCC4)C3)n2)cc1. The molecule has 176 valence electrons. The van der Waals surface area contributed by atoms with Crippen LogP contribution in [0.1, 0.15) is 38.5 Å². The number of hydrogen-bond acceptors (Lipinski definition) is 6. The summed E-state index contributed by atoms with van der Waals surface area (Å²) in [5.41, 5.74) is 2.02. The van der Waals surface area contributed by atoms with E-state index in [2.05, 4.69) is 15.5 Å². The normalized spacial score (nSPS) is 18.8. The maximum atomic E-state index is 13.1. The van der Waals surface area contributed by atoms with Gasteiger partial charge in [0.1, 0.15) is 5.75 Å². The molecule has 1 N–H and O–H groups in total. The van der Waals surface area contributed by atoms with Crippen LogP contribution in [0, 0.1) is 5.92 Å². The molecular weight excluding hydrogens is 432 g/mol. The van der Waals surface area contributed by atoms with Crippen LogP contribution < -0.4 is 10.1 Å². The van der Waals surface area contributed by atoms with Gasteiger partial charge in [-0.15, -0.1) is 0 Å². The number of rotatable bonds is 6. The van der Waals surface area contributed by atoms with Gasteiger partial charge in [0.15, 0.2) is 0 Å². The lowest BCUT2D eigenvalue weighted by atomic mass is 9.94. The van der Waals surface area contributed by atoms with E-state index in [0.29, 0.717) is 29.5 Å². The van der Waals surface area contributed by atoms with Crippen molar-refractivity contribution in [2.24, 2.45) is 5.92 Å². The van der Waals surface area contributed by atoms with Crippen molar-refractivity contribution >= 4 is 17.5 Å². The summed E-state index contributed by atoms with van der Waals surface area (Å²) in [7, 11) is 1.61. The zero-order valence-corrected chi connectivity index (χ0v) is 19.2. The molecule has 1 saturated heterocycles. The Balaban J connectivity index is 1.30. The first-order valence-corrected chi connectivity index (χ1v) is 11.8. The van der Waals surface area contributed by atoms with Crippen molar-refractivity contribution in [3.05, 3.63) is 48.5 Å². The van der Waals surface area contributed by atoms with Gasteiger partial charge in [-0.2, -0.15) is 4.98 Å². The Morgan fingerprint density at radius 1 is 1.09 bits per heavy atom. The molecule has 1 aliphatic carbocycles. The Hall–Kier alpha value is -3.68. The number of ether oxygens (including phenoxy) is 1. The number of carbonyl (C=O) groups excluding carboxylic acids is 2. The summed E-state index contributed by atoms with van der Waals surface area (Å²) in [5.74, 6) is 1.07. The van der Waals surface area contributed by atoms with Gasteiger partial charge in [-0.25, -0.2) is 0 Å². The zero-order valence-electron chi connectivity index (χ0n) is 19.2. The van der Waals surface area contributed by atoms with Gasteiger partial charge in [0.2, 0.25) is 17.6 Å². The number of methoxy groups -OCH3 is 1. The maximum Gasteiger partial charge on any atom is 0.260 e. The van der Waals surface area contributed by atoms with Crippen molar-refractivity contribution in [2.45, 2.75) is 44.6 Å². The average Bonchev–Trinajstić information content (AvgIpc) is 3.52. The predicted molar refractivity (Wildman–Crippen MR) is 127 cm³/mol. The van der Waals surface area contributed by atoms with Crippen LogP contribution in [0.4, 0.5) is 5.69 Å². The Bertz CT molecular complexity index is 1170. The molecule has 0 bridgehead atoms. The Morgan fingerprint density at radius 2 is 1.85 bits per heavy atom. The lowest BCUT2D eigenvalue weighted by Gasteiger charge is -2.31. The topological polar surface area (TPSA) is 97.6 Å². The van der Waals surface area contributed by atoms with Crippen molar-refractivity contribution in [3.8, 4) is 28.6 Å². The van der Waals surface area contributed by atoms with Crippen LogP contribution in [-0.2, 0) is 9.59 Å². The standard InChI is InChI=1S/C26H28N4O4/c1-33-20-13-11-17(12-14-20)24-28-26(34-29-24)21-9-5-6-10-22(21)27-25(32)18-15-23(31)30(16-18)19-7-3-2-4-8-19/h5-6,9-14,18-19H,2-4,7-8,15-16H2,1H3,(H,27,32). The number of para-hydroxylation sites is 1. The van der Waals surface area contributed by atoms with Crippen LogP contribution in [-0.4, -0.2) is 46.6 Å². The van der Waals surface area contributed by atoms with E-state index in [1.165, 1.54) is 6.42 Å². The smallest absolute Gasteiger partial charge is 0.260 e. The van der Waals surface area contributed by atoms with Crippen LogP contribution in [0.2, 0.25) is 0 Å². The molecular formula is C26H28N4O4. The summed E-state index contributed by atoms with van der Waals surface area (Å²) in [4.78, 5) is 32.2. The van der Waals surface area contributed by atoms with Crippen molar-refractivity contribution in [3.63, 3.8) is 0 Å². The minimum atomic E-state index is -0.361. The van der Waals surface area contributed by atoms with Crippen LogP contribution in [0.25, 0.3) is 22.8 Å². The van der Waals surface area contributed by atoms with Crippen LogP contribution in [0.3, 0.4) is 0 Å². The van der Waals surface area contributed by atoms with Gasteiger partial charge in [0.25, 0.3) is 5.89 Å². The minimum absolute atomic E-state index is 0.0846. The second-order valence-corrected chi connectivity index (χ2v) is 8.93. The lowest BCUT2D eigenvalue weighted by Crippen LogP contribution is -2.38. The van der Waals surface area contributed by atoms with E-state index in [9.17, 15) is 9.59 Å². The summed E-state index contributed by atoms with van der Waals surface area (Å²) in [6.07, 6.45) is 5.87. The summed E-state index contributed by atoms with van der Waals surface area (Å²) in [6, 6.07) is 15.0. The van der Waals surface area contributed by atoms with Gasteiger partial charge in [-0.05, 0) is 49.2 Å². The summed E-state index contributed by atoms with van der Waals surface area (Å²) < 4.78 is 10.7. The Morgan fingerprint density at radius 3 is 2.62 bits per heavy atom. The highest BCUT2D eigenvalue weighted by Gasteiger charge is 2.38. The predicted octanol–water partition coefficient (Wildman–Crippen LogP) is 4.53. The second kappa shape index (κ2) is 9.67. The fraction of sp³-hybridized carbons (Fsp3) is 0.385. The number of aromatic nitrogens is 2. The Labute approximate surface area is 198 Å². The fourth-order valence-corrected chi connectivity index (χ4v) is 4.86. The van der Waals surface area contributed by atoms with Gasteiger partial charge < -0.3 is 19.5 Å². The van der Waals surface area contributed by atoms with Crippen molar-refractivity contribution in [2.75, 3.05) is 19.0 Å². The van der Waals surface area contributed by atoms with E-state index in [0.717, 1.165) is 37.0 Å². The van der Waals surface area contributed by atoms with Gasteiger partial charge in [-0.3, -0.25) is 9.59 Å². The number of nitrogens with one attached hydrogen (secondary N) is 1. The summed E-state index contributed by atoms with van der Waals surface area (Å²) in [5, 5.41) is 7.09. The van der Waals surface area contributed by atoms with Crippen molar-refractivity contribution in [1.82, 2.24) is 15.0 Å². The van der Waals surface area contributed by atoms with Gasteiger partial charge in [-0.1, -0.05) is 36.6 Å². The number of nitrogens with zero attached hydrogens (tertiary/aromatic N) is 3. The first kappa shape index (κ1) is 22.1. The van der Waals surface area contributed by atoms with Crippen molar-refractivity contribution < 1.29 is 18.8 Å². The first-order valence-electron chi connectivity index (χ1n) is 11.8. The second-order valence-electron chi connectivity index (χ2n) is 8.93. The Kier molecular flexibility index (Phi) is 6.29. The molecule has 1 atom stereocenters. The molecule has 8 nitrogen and oxygen atoms in total. The van der Waals surface area contributed by atoms with Gasteiger partial charge >= 0.3 is 0 Å². The van der Waals surface area contributed by atoms with E-state index >= 15 is 0 Å². The molecule has 34 heavy (non-hydrogen) atoms. The zero-order chi connectivity index (χ0) is 23.5. The minimum Gasteiger partial charge on any atom is -0.497 e. The third-order valence-electron chi connectivity index (χ3n) is 6.73. The number of anilines is 1. The van der Waals surface area contributed by atoms with E-state index in [4.69, 9.17) is 9.26 Å². The van der Waals surface area contributed by atoms with E-state index in [1.807, 2.05) is 47.4 Å². The highest BCUT2D eigenvalue weighted by atomic mass is 16.5. The van der Waals surface area contributed by atoms with Gasteiger partial charge in [0, 0.05) is 24.6 Å². The van der Waals surface area contributed by atoms with Crippen LogP contribution in [0.5, 0.6) is 5.75 Å². The quantitative estimate of drug-likeness (QED) is 0.580. The van der Waals surface area contributed by atoms with Crippen LogP contribution >= 0.6 is 0 Å². The molecule has 3 aromatic rings. The molecule has 2 aliphatic rings. The molecule has 1 aromatic heterocycles. The summed E-state index contributed by atoms with van der Waals surface area (Å²) >= 11 is 0. The highest BCUT2D eigenvalue weighted by molar-refractivity contribution is 5.99.